The molecular formula is C11H16N4O3. The maximum atomic E-state index is 11.5. The number of hydrogen-bond donors (Lipinski definition) is 3. The summed E-state index contributed by atoms with van der Waals surface area (Å²) in [7, 11) is 0. The van der Waals surface area contributed by atoms with Gasteiger partial charge in [-0.25, -0.2) is 0 Å². The molecule has 7 nitrogen and oxygen atoms in total. The SMILES string of the molecule is CCn1cc(NC(=O)CNC(=O)CN)ccc1=O. The van der Waals surface area contributed by atoms with Crippen LogP contribution in [0.25, 0.3) is 0 Å². The number of anilines is 1. The minimum absolute atomic E-state index is 0.132. The highest BCUT2D eigenvalue weighted by atomic mass is 16.2. The number of aryl methyl sites for hydroxylation is 1. The Bertz CT molecular complexity index is 495. The Hall–Kier alpha value is -2.15. The van der Waals surface area contributed by atoms with Crippen molar-refractivity contribution < 1.29 is 9.59 Å². The quantitative estimate of drug-likeness (QED) is 0.617. The van der Waals surface area contributed by atoms with Gasteiger partial charge >= 0.3 is 0 Å². The lowest BCUT2D eigenvalue weighted by atomic mass is 10.4. The fourth-order valence-corrected chi connectivity index (χ4v) is 1.31. The predicted octanol–water partition coefficient (Wildman–Crippen LogP) is -1.12. The molecule has 0 radical (unpaired) electrons. The summed E-state index contributed by atoms with van der Waals surface area (Å²) in [5.41, 5.74) is 5.45. The van der Waals surface area contributed by atoms with Crippen LogP contribution in [0.5, 0.6) is 0 Å². The number of carbonyl (C=O) groups excluding carboxylic acids is 2. The van der Waals surface area contributed by atoms with Crippen LogP contribution in [-0.2, 0) is 16.1 Å². The molecule has 0 saturated carbocycles. The summed E-state index contributed by atoms with van der Waals surface area (Å²) in [6, 6.07) is 2.88. The zero-order valence-electron chi connectivity index (χ0n) is 10.1. The molecule has 0 fully saturated rings. The standard InChI is InChI=1S/C11H16N4O3/c1-2-15-7-8(3-4-11(15)18)14-10(17)6-13-9(16)5-12/h3-4,7H,2,5-6,12H2,1H3,(H,13,16)(H,14,17). The monoisotopic (exact) mass is 252 g/mol. The van der Waals surface area contributed by atoms with Gasteiger partial charge in [-0.15, -0.1) is 0 Å². The molecule has 0 aromatic carbocycles. The molecule has 0 saturated heterocycles. The van der Waals surface area contributed by atoms with E-state index in [-0.39, 0.29) is 24.6 Å². The second-order valence-corrected chi connectivity index (χ2v) is 3.57. The fraction of sp³-hybridized carbons (Fsp3) is 0.364. The van der Waals surface area contributed by atoms with E-state index in [2.05, 4.69) is 10.6 Å². The maximum Gasteiger partial charge on any atom is 0.250 e. The normalized spacial score (nSPS) is 9.89. The van der Waals surface area contributed by atoms with E-state index in [4.69, 9.17) is 5.73 Å². The van der Waals surface area contributed by atoms with Gasteiger partial charge in [-0.1, -0.05) is 0 Å². The Morgan fingerprint density at radius 3 is 2.67 bits per heavy atom. The smallest absolute Gasteiger partial charge is 0.250 e. The Balaban J connectivity index is 2.59. The number of pyridine rings is 1. The van der Waals surface area contributed by atoms with E-state index in [1.165, 1.54) is 16.7 Å². The first kappa shape index (κ1) is 13.9. The Kier molecular flexibility index (Phi) is 5.06. The van der Waals surface area contributed by atoms with Crippen molar-refractivity contribution in [2.24, 2.45) is 5.73 Å². The number of aromatic nitrogens is 1. The van der Waals surface area contributed by atoms with E-state index in [0.717, 1.165) is 0 Å². The summed E-state index contributed by atoms with van der Waals surface area (Å²) in [5.74, 6) is -0.776. The summed E-state index contributed by atoms with van der Waals surface area (Å²) < 4.78 is 1.47. The Labute approximate surface area is 104 Å². The van der Waals surface area contributed by atoms with Crippen LogP contribution in [0.15, 0.2) is 23.1 Å². The first-order valence-electron chi connectivity index (χ1n) is 5.54. The van der Waals surface area contributed by atoms with Gasteiger partial charge in [0.2, 0.25) is 11.8 Å². The van der Waals surface area contributed by atoms with Crippen LogP contribution in [0.2, 0.25) is 0 Å². The van der Waals surface area contributed by atoms with E-state index in [1.807, 2.05) is 6.92 Å². The van der Waals surface area contributed by atoms with Crippen LogP contribution in [0.4, 0.5) is 5.69 Å². The van der Waals surface area contributed by atoms with Crippen LogP contribution in [0, 0.1) is 0 Å². The van der Waals surface area contributed by atoms with Crippen molar-refractivity contribution in [2.45, 2.75) is 13.5 Å². The molecular weight excluding hydrogens is 236 g/mol. The highest BCUT2D eigenvalue weighted by Gasteiger charge is 2.05. The Morgan fingerprint density at radius 1 is 1.33 bits per heavy atom. The third-order valence-electron chi connectivity index (χ3n) is 2.24. The molecule has 18 heavy (non-hydrogen) atoms. The fourth-order valence-electron chi connectivity index (χ4n) is 1.31. The minimum Gasteiger partial charge on any atom is -0.346 e. The van der Waals surface area contributed by atoms with E-state index < -0.39 is 5.91 Å². The summed E-state index contributed by atoms with van der Waals surface area (Å²) in [6.07, 6.45) is 1.55. The minimum atomic E-state index is -0.399. The van der Waals surface area contributed by atoms with Crippen LogP contribution >= 0.6 is 0 Å². The molecule has 0 aliphatic rings. The van der Waals surface area contributed by atoms with Crippen molar-refractivity contribution in [2.75, 3.05) is 18.4 Å². The molecule has 0 atom stereocenters. The molecule has 98 valence electrons. The zero-order chi connectivity index (χ0) is 13.5. The lowest BCUT2D eigenvalue weighted by molar-refractivity contribution is -0.123. The summed E-state index contributed by atoms with van der Waals surface area (Å²) in [6.45, 7) is 2.04. The maximum absolute atomic E-state index is 11.5. The lowest BCUT2D eigenvalue weighted by Gasteiger charge is -2.08. The van der Waals surface area contributed by atoms with Crippen molar-refractivity contribution in [3.63, 3.8) is 0 Å². The molecule has 1 rings (SSSR count). The van der Waals surface area contributed by atoms with Crippen molar-refractivity contribution >= 4 is 17.5 Å². The number of hydrogen-bond acceptors (Lipinski definition) is 4. The van der Waals surface area contributed by atoms with Crippen molar-refractivity contribution in [1.29, 1.82) is 0 Å². The number of nitrogens with one attached hydrogen (secondary N) is 2. The highest BCUT2D eigenvalue weighted by molar-refractivity contribution is 5.94. The van der Waals surface area contributed by atoms with Crippen LogP contribution in [0.1, 0.15) is 6.92 Å². The molecule has 2 amide bonds. The third kappa shape index (κ3) is 4.02. The molecule has 0 spiro atoms. The average Bonchev–Trinajstić information content (AvgIpc) is 2.38. The van der Waals surface area contributed by atoms with Gasteiger partial charge < -0.3 is 20.9 Å². The number of nitrogens with two attached hydrogens (primary N) is 1. The Morgan fingerprint density at radius 2 is 2.06 bits per heavy atom. The van der Waals surface area contributed by atoms with Gasteiger partial charge in [0.1, 0.15) is 0 Å². The van der Waals surface area contributed by atoms with E-state index in [9.17, 15) is 14.4 Å². The van der Waals surface area contributed by atoms with E-state index in [1.54, 1.807) is 6.20 Å². The topological polar surface area (TPSA) is 106 Å². The van der Waals surface area contributed by atoms with Crippen molar-refractivity contribution in [1.82, 2.24) is 9.88 Å². The van der Waals surface area contributed by atoms with E-state index in [0.29, 0.717) is 12.2 Å². The molecule has 4 N–H and O–H groups in total. The number of amides is 2. The highest BCUT2D eigenvalue weighted by Crippen LogP contribution is 2.02. The third-order valence-corrected chi connectivity index (χ3v) is 2.24. The van der Waals surface area contributed by atoms with Crippen LogP contribution in [0.3, 0.4) is 0 Å². The van der Waals surface area contributed by atoms with Gasteiger partial charge in [-0.05, 0) is 13.0 Å². The number of carbonyl (C=O) groups is 2. The van der Waals surface area contributed by atoms with Gasteiger partial charge in [0.15, 0.2) is 0 Å². The van der Waals surface area contributed by atoms with Crippen LogP contribution in [-0.4, -0.2) is 29.5 Å². The van der Waals surface area contributed by atoms with Gasteiger partial charge in [0, 0.05) is 18.8 Å². The molecule has 7 heteroatoms. The van der Waals surface area contributed by atoms with Gasteiger partial charge in [0.25, 0.3) is 5.56 Å². The number of nitrogens with zero attached hydrogens (tertiary/aromatic N) is 1. The van der Waals surface area contributed by atoms with E-state index >= 15 is 0 Å². The predicted molar refractivity (Wildman–Crippen MR) is 67.1 cm³/mol. The van der Waals surface area contributed by atoms with Gasteiger partial charge in [-0.3, -0.25) is 14.4 Å². The van der Waals surface area contributed by atoms with Crippen LogP contribution < -0.4 is 21.9 Å². The molecule has 0 bridgehead atoms. The van der Waals surface area contributed by atoms with Crippen molar-refractivity contribution in [3.05, 3.63) is 28.7 Å². The molecule has 0 aliphatic carbocycles. The second kappa shape index (κ2) is 6.55. The largest absolute Gasteiger partial charge is 0.346 e. The first-order valence-corrected chi connectivity index (χ1v) is 5.54. The second-order valence-electron chi connectivity index (χ2n) is 3.57. The number of rotatable bonds is 5. The summed E-state index contributed by atoms with van der Waals surface area (Å²) >= 11 is 0. The summed E-state index contributed by atoms with van der Waals surface area (Å²) in [4.78, 5) is 33.6. The van der Waals surface area contributed by atoms with Crippen molar-refractivity contribution in [3.8, 4) is 0 Å². The molecule has 1 aromatic heterocycles. The zero-order valence-corrected chi connectivity index (χ0v) is 10.1. The molecule has 0 aliphatic heterocycles. The molecule has 1 heterocycles. The van der Waals surface area contributed by atoms with Gasteiger partial charge in [-0.2, -0.15) is 0 Å². The molecule has 0 unspecified atom stereocenters. The average molecular weight is 252 g/mol. The molecule has 1 aromatic rings. The lowest BCUT2D eigenvalue weighted by Crippen LogP contribution is -2.36. The van der Waals surface area contributed by atoms with Gasteiger partial charge in [0.05, 0.1) is 18.8 Å². The summed E-state index contributed by atoms with van der Waals surface area (Å²) in [5, 5.41) is 4.92. The first-order chi connectivity index (χ1) is 8.56.